The smallest absolute Gasteiger partial charge is 0.211 e. The minimum absolute atomic E-state index is 0.523. The molecule has 0 spiro atoms. The third-order valence-corrected chi connectivity index (χ3v) is 7.96. The molecule has 1 atom stereocenters. The van der Waals surface area contributed by atoms with Crippen LogP contribution >= 0.6 is 11.3 Å². The Bertz CT molecular complexity index is 930. The summed E-state index contributed by atoms with van der Waals surface area (Å²) in [5.74, 6) is 2.63. The summed E-state index contributed by atoms with van der Waals surface area (Å²) in [6, 6.07) is 0. The van der Waals surface area contributed by atoms with Crippen LogP contribution in [0.3, 0.4) is 0 Å². The molecule has 142 valence electrons. The Morgan fingerprint density at radius 1 is 1.19 bits per heavy atom. The number of hydrogen-bond donors (Lipinski definition) is 0. The lowest BCUT2D eigenvalue weighted by Crippen LogP contribution is -2.48. The molecule has 1 aliphatic carbocycles. The van der Waals surface area contributed by atoms with Crippen molar-refractivity contribution in [2.45, 2.75) is 39.5 Å². The van der Waals surface area contributed by atoms with Crippen LogP contribution in [0.5, 0.6) is 0 Å². The molecule has 26 heavy (non-hydrogen) atoms. The van der Waals surface area contributed by atoms with Gasteiger partial charge in [-0.1, -0.05) is 13.8 Å². The fourth-order valence-electron chi connectivity index (χ4n) is 3.98. The van der Waals surface area contributed by atoms with Crippen molar-refractivity contribution in [2.24, 2.45) is 5.92 Å². The van der Waals surface area contributed by atoms with Crippen molar-refractivity contribution in [3.05, 3.63) is 16.3 Å². The maximum Gasteiger partial charge on any atom is 0.211 e. The van der Waals surface area contributed by atoms with E-state index >= 15 is 0 Å². The first-order chi connectivity index (χ1) is 12.4. The van der Waals surface area contributed by atoms with E-state index in [1.165, 1.54) is 28.5 Å². The molecule has 0 N–H and O–H groups in total. The molecule has 2 aromatic heterocycles. The van der Waals surface area contributed by atoms with Crippen LogP contribution in [-0.4, -0.2) is 55.1 Å². The highest BCUT2D eigenvalue weighted by atomic mass is 32.2. The van der Waals surface area contributed by atoms with E-state index in [1.807, 2.05) is 11.3 Å². The van der Waals surface area contributed by atoms with Gasteiger partial charge in [-0.25, -0.2) is 18.4 Å². The molecule has 1 saturated heterocycles. The van der Waals surface area contributed by atoms with Gasteiger partial charge in [-0.2, -0.15) is 4.31 Å². The molecular weight excluding hydrogens is 368 g/mol. The van der Waals surface area contributed by atoms with Crippen molar-refractivity contribution in [3.63, 3.8) is 0 Å². The van der Waals surface area contributed by atoms with Crippen molar-refractivity contribution < 1.29 is 8.42 Å². The van der Waals surface area contributed by atoms with Gasteiger partial charge in [-0.05, 0) is 30.7 Å². The lowest BCUT2D eigenvalue weighted by molar-refractivity contribution is 0.387. The fourth-order valence-corrected chi connectivity index (χ4v) is 6.21. The number of sulfonamides is 1. The molecule has 4 rings (SSSR count). The number of anilines is 1. The van der Waals surface area contributed by atoms with Crippen LogP contribution in [0, 0.1) is 5.92 Å². The summed E-state index contributed by atoms with van der Waals surface area (Å²) in [4.78, 5) is 14.5. The second kappa shape index (κ2) is 6.73. The van der Waals surface area contributed by atoms with Gasteiger partial charge in [0, 0.05) is 37.5 Å². The Morgan fingerprint density at radius 2 is 1.92 bits per heavy atom. The molecular formula is C18H26N4O2S2. The van der Waals surface area contributed by atoms with Gasteiger partial charge in [0.2, 0.25) is 10.0 Å². The lowest BCUT2D eigenvalue weighted by Gasteiger charge is -2.34. The zero-order valence-electron chi connectivity index (χ0n) is 15.7. The Kier molecular flexibility index (Phi) is 4.69. The predicted molar refractivity (Wildman–Crippen MR) is 107 cm³/mol. The molecule has 6 nitrogen and oxygen atoms in total. The summed E-state index contributed by atoms with van der Waals surface area (Å²) in [5, 5.41) is 1.22. The Morgan fingerprint density at radius 3 is 2.58 bits per heavy atom. The molecule has 3 heterocycles. The molecule has 2 aliphatic rings. The Hall–Kier alpha value is -1.25. The minimum atomic E-state index is -3.12. The summed E-state index contributed by atoms with van der Waals surface area (Å²) in [6.45, 7) is 6.82. The summed E-state index contributed by atoms with van der Waals surface area (Å²) in [7, 11) is -3.12. The number of aryl methyl sites for hydroxylation is 2. The van der Waals surface area contributed by atoms with E-state index in [1.54, 1.807) is 4.31 Å². The van der Waals surface area contributed by atoms with E-state index in [4.69, 9.17) is 9.97 Å². The number of nitrogens with zero attached hydrogens (tertiary/aromatic N) is 4. The van der Waals surface area contributed by atoms with Crippen molar-refractivity contribution in [3.8, 4) is 0 Å². The molecule has 0 saturated carbocycles. The molecule has 2 aromatic rings. The van der Waals surface area contributed by atoms with Gasteiger partial charge in [0.1, 0.15) is 16.5 Å². The SMILES string of the molecule is CCc1nc(N2CCN(S(C)(=O)=O)CC2)c2c3c(sc2n1)CC(C)CC3. The van der Waals surface area contributed by atoms with Gasteiger partial charge in [0.15, 0.2) is 0 Å². The van der Waals surface area contributed by atoms with Gasteiger partial charge in [-0.15, -0.1) is 11.3 Å². The highest BCUT2D eigenvalue weighted by Crippen LogP contribution is 2.41. The number of aromatic nitrogens is 2. The third-order valence-electron chi connectivity index (χ3n) is 5.51. The summed E-state index contributed by atoms with van der Waals surface area (Å²) >= 11 is 1.83. The van der Waals surface area contributed by atoms with E-state index in [0.717, 1.165) is 41.7 Å². The van der Waals surface area contributed by atoms with Gasteiger partial charge < -0.3 is 4.90 Å². The molecule has 1 aliphatic heterocycles. The van der Waals surface area contributed by atoms with Gasteiger partial charge >= 0.3 is 0 Å². The lowest BCUT2D eigenvalue weighted by atomic mass is 9.89. The summed E-state index contributed by atoms with van der Waals surface area (Å²) < 4.78 is 25.2. The van der Waals surface area contributed by atoms with E-state index in [-0.39, 0.29) is 0 Å². The third kappa shape index (κ3) is 3.23. The molecule has 1 fully saturated rings. The Labute approximate surface area is 159 Å². The molecule has 1 unspecified atom stereocenters. The molecule has 0 bridgehead atoms. The fraction of sp³-hybridized carbons (Fsp3) is 0.667. The number of piperazine rings is 1. The largest absolute Gasteiger partial charge is 0.353 e. The van der Waals surface area contributed by atoms with Crippen LogP contribution in [0.4, 0.5) is 5.82 Å². The molecule has 0 aromatic carbocycles. The second-order valence-electron chi connectivity index (χ2n) is 7.50. The average Bonchev–Trinajstić information content (AvgIpc) is 2.97. The topological polar surface area (TPSA) is 66.4 Å². The zero-order chi connectivity index (χ0) is 18.5. The highest BCUT2D eigenvalue weighted by molar-refractivity contribution is 7.88. The predicted octanol–water partition coefficient (Wildman–Crippen LogP) is 2.46. The maximum absolute atomic E-state index is 11.8. The minimum Gasteiger partial charge on any atom is -0.353 e. The van der Waals surface area contributed by atoms with E-state index in [0.29, 0.717) is 26.2 Å². The number of rotatable bonds is 3. The normalized spacial score (nSPS) is 22.0. The maximum atomic E-state index is 11.8. The van der Waals surface area contributed by atoms with Gasteiger partial charge in [0.25, 0.3) is 0 Å². The van der Waals surface area contributed by atoms with Crippen LogP contribution in [0.1, 0.15) is 36.5 Å². The first-order valence-electron chi connectivity index (χ1n) is 9.38. The summed E-state index contributed by atoms with van der Waals surface area (Å²) in [6.07, 6.45) is 5.55. The van der Waals surface area contributed by atoms with E-state index < -0.39 is 10.0 Å². The Balaban J connectivity index is 1.74. The monoisotopic (exact) mass is 394 g/mol. The first-order valence-corrected chi connectivity index (χ1v) is 12.0. The number of thiophene rings is 1. The quantitative estimate of drug-likeness (QED) is 0.800. The van der Waals surface area contributed by atoms with E-state index in [9.17, 15) is 8.42 Å². The van der Waals surface area contributed by atoms with Crippen molar-refractivity contribution >= 4 is 37.4 Å². The van der Waals surface area contributed by atoms with Gasteiger partial charge in [0.05, 0.1) is 11.6 Å². The van der Waals surface area contributed by atoms with Gasteiger partial charge in [-0.3, -0.25) is 0 Å². The summed E-state index contributed by atoms with van der Waals surface area (Å²) in [5.41, 5.74) is 1.44. The number of hydrogen-bond acceptors (Lipinski definition) is 6. The molecule has 0 radical (unpaired) electrons. The van der Waals surface area contributed by atoms with Crippen LogP contribution in [-0.2, 0) is 29.3 Å². The van der Waals surface area contributed by atoms with Crippen molar-refractivity contribution in [1.29, 1.82) is 0 Å². The standard InChI is InChI=1S/C18H26N4O2S2/c1-4-15-19-17(21-7-9-22(10-8-21)26(3,23)24)16-13-6-5-12(2)11-14(13)25-18(16)20-15/h12H,4-11H2,1-3H3. The van der Waals surface area contributed by atoms with E-state index in [2.05, 4.69) is 18.7 Å². The van der Waals surface area contributed by atoms with Crippen molar-refractivity contribution in [2.75, 3.05) is 37.3 Å². The van der Waals surface area contributed by atoms with Crippen LogP contribution in [0.25, 0.3) is 10.2 Å². The highest BCUT2D eigenvalue weighted by Gasteiger charge is 2.29. The average molecular weight is 395 g/mol. The van der Waals surface area contributed by atoms with Crippen LogP contribution < -0.4 is 4.90 Å². The second-order valence-corrected chi connectivity index (χ2v) is 10.6. The van der Waals surface area contributed by atoms with Crippen molar-refractivity contribution in [1.82, 2.24) is 14.3 Å². The molecule has 0 amide bonds. The zero-order valence-corrected chi connectivity index (χ0v) is 17.3. The van der Waals surface area contributed by atoms with Crippen LogP contribution in [0.15, 0.2) is 0 Å². The first kappa shape index (κ1) is 18.1. The van der Waals surface area contributed by atoms with Crippen LogP contribution in [0.2, 0.25) is 0 Å². The molecule has 8 heteroatoms. The number of fused-ring (bicyclic) bond motifs is 3.